The predicted octanol–water partition coefficient (Wildman–Crippen LogP) is 8.79. The number of anilines is 1. The number of halogens is 5. The van der Waals surface area contributed by atoms with Gasteiger partial charge in [-0.1, -0.05) is 30.3 Å². The molecule has 1 heterocycles. The van der Waals surface area contributed by atoms with E-state index in [1.165, 1.54) is 18.2 Å². The minimum atomic E-state index is -5.87. The van der Waals surface area contributed by atoms with Crippen LogP contribution in [-0.2, 0) is 26.7 Å². The lowest BCUT2D eigenvalue weighted by Crippen LogP contribution is -2.48. The Balaban J connectivity index is 1.13. The van der Waals surface area contributed by atoms with Crippen LogP contribution in [0.25, 0.3) is 22.2 Å². The maximum Gasteiger partial charge on any atom is 0.461 e. The normalized spacial score (nSPS) is 20.1. The molecule has 0 bridgehead atoms. The van der Waals surface area contributed by atoms with E-state index in [0.29, 0.717) is 49.4 Å². The van der Waals surface area contributed by atoms with Gasteiger partial charge in [0.1, 0.15) is 11.6 Å². The van der Waals surface area contributed by atoms with Gasteiger partial charge in [0.2, 0.25) is 11.8 Å². The Labute approximate surface area is 369 Å². The first kappa shape index (κ1) is 47.9. The molecule has 346 valence electrons. The highest BCUT2D eigenvalue weighted by atomic mass is 19.4. The maximum absolute atomic E-state index is 14.1. The fourth-order valence-electron chi connectivity index (χ4n) is 8.46. The van der Waals surface area contributed by atoms with E-state index in [0.717, 1.165) is 42.4 Å². The molecule has 0 spiro atoms. The molecule has 17 heteroatoms. The molecule has 2 aliphatic carbocycles. The number of hydrogen-bond donors (Lipinski definition) is 5. The molecule has 0 radical (unpaired) electrons. The monoisotopic (exact) mass is 895 g/mol. The molecular formula is C47H58F5N7O5. The van der Waals surface area contributed by atoms with E-state index in [9.17, 15) is 41.1 Å². The lowest BCUT2D eigenvalue weighted by Gasteiger charge is -2.33. The standard InChI is InChI=1S/C47H58F5N7O5/c1-27-23-32(41(61)54-33-16-19-35(20-17-33)59(5)6)15-21-36(27)30-11-7-28(8-12-30)24-39(56-40(60)31-13-9-29(10-14-31)26-53-44(63)64-45(2,3)4)42(62)55-34-18-22-37-38(25-34)58-43(57-37)46(48,49)47(50,51)52/h7-8,11-12,15,18,21-23,25,29,31,33,35,39H,9-10,13-14,16-17,19-20,24,26H2,1-6H3,(H,53,63)(H,54,61)(H,55,62)(H,56,60)(H,57,58)/t29?,31?,33?,35?,39-/m0/s1. The summed E-state index contributed by atoms with van der Waals surface area (Å²) in [5, 5.41) is 11.6. The smallest absolute Gasteiger partial charge is 0.444 e. The molecule has 0 unspecified atom stereocenters. The average Bonchev–Trinajstić information content (AvgIpc) is 3.67. The van der Waals surface area contributed by atoms with Crippen LogP contribution >= 0.6 is 0 Å². The highest BCUT2D eigenvalue weighted by Gasteiger charge is 2.61. The number of hydrogen-bond acceptors (Lipinski definition) is 7. The van der Waals surface area contributed by atoms with Crippen molar-refractivity contribution in [1.82, 2.24) is 30.8 Å². The van der Waals surface area contributed by atoms with E-state index >= 15 is 0 Å². The van der Waals surface area contributed by atoms with Crippen LogP contribution in [-0.4, -0.2) is 89.2 Å². The number of ether oxygens (including phenoxy) is 1. The van der Waals surface area contributed by atoms with Crippen molar-refractivity contribution in [3.05, 3.63) is 83.2 Å². The molecule has 3 aromatic carbocycles. The van der Waals surface area contributed by atoms with Crippen LogP contribution in [0.4, 0.5) is 32.4 Å². The molecule has 2 aliphatic rings. The van der Waals surface area contributed by atoms with Gasteiger partial charge in [-0.3, -0.25) is 14.4 Å². The Morgan fingerprint density at radius 3 is 2.14 bits per heavy atom. The third kappa shape index (κ3) is 12.2. The summed E-state index contributed by atoms with van der Waals surface area (Å²) in [5.74, 6) is -8.15. The molecule has 6 rings (SSSR count). The summed E-state index contributed by atoms with van der Waals surface area (Å²) < 4.78 is 72.6. The number of carbonyl (C=O) groups is 4. The van der Waals surface area contributed by atoms with Crippen molar-refractivity contribution in [2.45, 2.75) is 121 Å². The zero-order valence-corrected chi connectivity index (χ0v) is 37.1. The summed E-state index contributed by atoms with van der Waals surface area (Å²) in [6.45, 7) is 7.67. The molecule has 64 heavy (non-hydrogen) atoms. The SMILES string of the molecule is Cc1cc(C(=O)NC2CCC(N(C)C)CC2)ccc1-c1ccc(C[C@H](NC(=O)C2CCC(CNC(=O)OC(C)(C)C)CC2)C(=O)Nc2ccc3nc(C(F)(F)C(F)(F)F)[nH]c3c2)cc1. The number of aromatic nitrogens is 2. The van der Waals surface area contributed by atoms with Crippen LogP contribution in [0.5, 0.6) is 0 Å². The quantitative estimate of drug-likeness (QED) is 0.0840. The maximum atomic E-state index is 14.1. The fraction of sp³-hybridized carbons (Fsp3) is 0.511. The Kier molecular flexibility index (Phi) is 14.7. The second-order valence-corrected chi connectivity index (χ2v) is 18.4. The van der Waals surface area contributed by atoms with Crippen molar-refractivity contribution >= 4 is 40.5 Å². The first-order valence-electron chi connectivity index (χ1n) is 21.8. The molecule has 12 nitrogen and oxygen atoms in total. The van der Waals surface area contributed by atoms with E-state index in [-0.39, 0.29) is 46.9 Å². The number of fused-ring (bicyclic) bond motifs is 1. The average molecular weight is 896 g/mol. The molecule has 2 saturated carbocycles. The summed E-state index contributed by atoms with van der Waals surface area (Å²) in [4.78, 5) is 60.7. The summed E-state index contributed by atoms with van der Waals surface area (Å²) in [7, 11) is 4.16. The Bertz CT molecular complexity index is 2290. The van der Waals surface area contributed by atoms with Crippen LogP contribution in [0.3, 0.4) is 0 Å². The van der Waals surface area contributed by atoms with E-state index in [2.05, 4.69) is 45.2 Å². The number of H-pyrrole nitrogens is 1. The van der Waals surface area contributed by atoms with Crippen molar-refractivity contribution in [1.29, 1.82) is 0 Å². The van der Waals surface area contributed by atoms with Gasteiger partial charge in [-0.05, 0) is 152 Å². The van der Waals surface area contributed by atoms with E-state index < -0.39 is 47.5 Å². The largest absolute Gasteiger partial charge is 0.461 e. The number of aryl methyl sites for hydroxylation is 1. The van der Waals surface area contributed by atoms with Gasteiger partial charge in [-0.2, -0.15) is 22.0 Å². The zero-order chi connectivity index (χ0) is 46.6. The molecule has 4 aromatic rings. The van der Waals surface area contributed by atoms with Gasteiger partial charge >= 0.3 is 18.2 Å². The topological polar surface area (TPSA) is 158 Å². The van der Waals surface area contributed by atoms with Gasteiger partial charge < -0.3 is 35.9 Å². The first-order valence-corrected chi connectivity index (χ1v) is 21.8. The fourth-order valence-corrected chi connectivity index (χ4v) is 8.46. The second-order valence-electron chi connectivity index (χ2n) is 18.4. The van der Waals surface area contributed by atoms with Crippen LogP contribution in [0, 0.1) is 18.8 Å². The van der Waals surface area contributed by atoms with E-state index in [1.807, 2.05) is 48.3 Å². The minimum absolute atomic E-state index is 0.0653. The van der Waals surface area contributed by atoms with E-state index in [1.54, 1.807) is 26.8 Å². The third-order valence-electron chi connectivity index (χ3n) is 12.1. The second kappa shape index (κ2) is 19.7. The number of alkyl carbamates (subject to hydrolysis) is 1. The first-order chi connectivity index (χ1) is 30.1. The number of benzene rings is 3. The van der Waals surface area contributed by atoms with Crippen molar-refractivity contribution < 1.29 is 45.9 Å². The predicted molar refractivity (Wildman–Crippen MR) is 234 cm³/mol. The Hall–Kier alpha value is -5.58. The molecule has 0 aliphatic heterocycles. The van der Waals surface area contributed by atoms with Crippen molar-refractivity contribution in [3.63, 3.8) is 0 Å². The summed E-state index contributed by atoms with van der Waals surface area (Å²) in [6, 6.07) is 16.3. The van der Waals surface area contributed by atoms with Gasteiger partial charge in [0.25, 0.3) is 5.91 Å². The number of rotatable bonds is 13. The number of imidazole rings is 1. The van der Waals surface area contributed by atoms with Gasteiger partial charge in [-0.15, -0.1) is 0 Å². The highest BCUT2D eigenvalue weighted by molar-refractivity contribution is 5.99. The molecule has 5 N–H and O–H groups in total. The van der Waals surface area contributed by atoms with Crippen molar-refractivity contribution in [2.24, 2.45) is 11.8 Å². The van der Waals surface area contributed by atoms with Crippen molar-refractivity contribution in [3.8, 4) is 11.1 Å². The van der Waals surface area contributed by atoms with Gasteiger partial charge in [-0.25, -0.2) is 9.78 Å². The summed E-state index contributed by atoms with van der Waals surface area (Å²) in [6.07, 6.45) is -0.0142. The lowest BCUT2D eigenvalue weighted by molar-refractivity contribution is -0.292. The number of nitrogens with zero attached hydrogens (tertiary/aromatic N) is 2. The number of carbonyl (C=O) groups excluding carboxylic acids is 4. The summed E-state index contributed by atoms with van der Waals surface area (Å²) >= 11 is 0. The Morgan fingerprint density at radius 2 is 1.53 bits per heavy atom. The van der Waals surface area contributed by atoms with Crippen LogP contribution in [0.2, 0.25) is 0 Å². The van der Waals surface area contributed by atoms with E-state index in [4.69, 9.17) is 4.74 Å². The highest BCUT2D eigenvalue weighted by Crippen LogP contribution is 2.43. The summed E-state index contributed by atoms with van der Waals surface area (Å²) in [5.41, 5.74) is 3.12. The molecule has 1 atom stereocenters. The lowest BCUT2D eigenvalue weighted by atomic mass is 9.81. The van der Waals surface area contributed by atoms with Crippen LogP contribution in [0.1, 0.15) is 99.4 Å². The van der Waals surface area contributed by atoms with Gasteiger partial charge in [0, 0.05) is 42.2 Å². The number of aromatic amines is 1. The molecule has 1 aromatic heterocycles. The number of nitrogens with one attached hydrogen (secondary N) is 5. The number of alkyl halides is 5. The van der Waals surface area contributed by atoms with Crippen LogP contribution in [0.15, 0.2) is 60.7 Å². The van der Waals surface area contributed by atoms with Crippen molar-refractivity contribution in [2.75, 3.05) is 26.0 Å². The molecular weight excluding hydrogens is 838 g/mol. The molecule has 2 fully saturated rings. The van der Waals surface area contributed by atoms with Crippen LogP contribution < -0.4 is 21.3 Å². The van der Waals surface area contributed by atoms with Gasteiger partial charge in [0.15, 0.2) is 5.82 Å². The zero-order valence-electron chi connectivity index (χ0n) is 37.1. The van der Waals surface area contributed by atoms with Gasteiger partial charge in [0.05, 0.1) is 11.0 Å². The third-order valence-corrected chi connectivity index (χ3v) is 12.1. The number of amides is 4. The Morgan fingerprint density at radius 1 is 0.859 bits per heavy atom. The molecule has 0 saturated heterocycles. The minimum Gasteiger partial charge on any atom is -0.444 e. The molecule has 4 amide bonds.